The Labute approximate surface area is 112 Å². The van der Waals surface area contributed by atoms with Crippen molar-refractivity contribution in [3.63, 3.8) is 0 Å². The first kappa shape index (κ1) is 12.6. The molecule has 1 saturated heterocycles. The molecular weight excluding hydrogens is 244 g/mol. The maximum Gasteiger partial charge on any atom is 0.323 e. The predicted molar refractivity (Wildman–Crippen MR) is 68.0 cm³/mol. The van der Waals surface area contributed by atoms with E-state index in [1.165, 1.54) is 20.0 Å². The molecule has 0 amide bonds. The van der Waals surface area contributed by atoms with E-state index >= 15 is 0 Å². The molecule has 2 aliphatic rings. The van der Waals surface area contributed by atoms with Crippen LogP contribution in [0.1, 0.15) is 25.1 Å². The summed E-state index contributed by atoms with van der Waals surface area (Å²) in [4.78, 5) is 18.5. The summed E-state index contributed by atoms with van der Waals surface area (Å²) < 4.78 is 6.76. The van der Waals surface area contributed by atoms with Gasteiger partial charge in [-0.1, -0.05) is 6.42 Å². The maximum atomic E-state index is 12.1. The van der Waals surface area contributed by atoms with E-state index in [4.69, 9.17) is 4.74 Å². The molecule has 1 saturated carbocycles. The molecule has 0 bridgehead atoms. The number of aromatic nitrogens is 3. The van der Waals surface area contributed by atoms with Crippen LogP contribution in [0.15, 0.2) is 6.33 Å². The fraction of sp³-hybridized carbons (Fsp3) is 0.769. The molecule has 6 nitrogen and oxygen atoms in total. The zero-order valence-corrected chi connectivity index (χ0v) is 11.5. The number of methoxy groups -OCH3 is 1. The molecule has 0 aromatic carbocycles. The second-order valence-electron chi connectivity index (χ2n) is 5.55. The molecule has 19 heavy (non-hydrogen) atoms. The van der Waals surface area contributed by atoms with Gasteiger partial charge < -0.3 is 4.74 Å². The lowest BCUT2D eigenvalue weighted by Crippen LogP contribution is -2.40. The van der Waals surface area contributed by atoms with E-state index in [2.05, 4.69) is 15.0 Å². The van der Waals surface area contributed by atoms with Gasteiger partial charge in [-0.2, -0.15) is 5.10 Å². The predicted octanol–water partition coefficient (Wildman–Crippen LogP) is 0.589. The first-order valence-corrected chi connectivity index (χ1v) is 6.85. The Morgan fingerprint density at radius 1 is 1.53 bits per heavy atom. The second-order valence-corrected chi connectivity index (χ2v) is 5.55. The Balaban J connectivity index is 1.80. The molecule has 6 heteroatoms. The minimum absolute atomic E-state index is 0.100. The van der Waals surface area contributed by atoms with Crippen LogP contribution in [0.4, 0.5) is 0 Å². The molecule has 0 radical (unpaired) electrons. The molecule has 104 valence electrons. The van der Waals surface area contributed by atoms with Gasteiger partial charge in [0.2, 0.25) is 0 Å². The number of hydrogen-bond acceptors (Lipinski definition) is 5. The highest BCUT2D eigenvalue weighted by molar-refractivity contribution is 5.76. The van der Waals surface area contributed by atoms with Gasteiger partial charge in [-0.25, -0.2) is 4.98 Å². The minimum Gasteiger partial charge on any atom is -0.468 e. The number of likely N-dealkylation sites (tertiary alicyclic amines) is 1. The summed E-state index contributed by atoms with van der Waals surface area (Å²) in [5.74, 6) is 1.89. The Hall–Kier alpha value is -1.43. The van der Waals surface area contributed by atoms with Crippen molar-refractivity contribution in [2.45, 2.75) is 31.8 Å². The maximum absolute atomic E-state index is 12.1. The molecule has 2 heterocycles. The number of hydrogen-bond donors (Lipinski definition) is 0. The third-order valence-electron chi connectivity index (χ3n) is 4.58. The molecule has 1 aromatic heterocycles. The van der Waals surface area contributed by atoms with Gasteiger partial charge in [-0.05, 0) is 24.7 Å². The minimum atomic E-state index is -0.103. The summed E-state index contributed by atoms with van der Waals surface area (Å²) in [6.07, 6.45) is 5.16. The van der Waals surface area contributed by atoms with Crippen molar-refractivity contribution in [3.05, 3.63) is 12.2 Å². The number of nitrogens with zero attached hydrogens (tertiary/aromatic N) is 4. The standard InChI is InChI=1S/C13H20N4O2/c1-16-11(14-8-15-16)7-17-6-9-4-3-5-10(9)12(17)13(18)19-2/h8-10,12H,3-7H2,1-2H3/t9-,10-,12+/m1/s1. The van der Waals surface area contributed by atoms with Crippen molar-refractivity contribution in [2.75, 3.05) is 13.7 Å². The van der Waals surface area contributed by atoms with Crippen LogP contribution in [-0.2, 0) is 23.1 Å². The van der Waals surface area contributed by atoms with Crippen LogP contribution in [-0.4, -0.2) is 45.3 Å². The monoisotopic (exact) mass is 264 g/mol. The van der Waals surface area contributed by atoms with Crippen LogP contribution < -0.4 is 0 Å². The SMILES string of the molecule is COC(=O)[C@@H]1[C@@H]2CCC[C@@H]2CN1Cc1ncnn1C. The van der Waals surface area contributed by atoms with Gasteiger partial charge in [0.05, 0.1) is 13.7 Å². The van der Waals surface area contributed by atoms with Crippen LogP contribution in [0.25, 0.3) is 0 Å². The van der Waals surface area contributed by atoms with E-state index in [1.54, 1.807) is 11.0 Å². The van der Waals surface area contributed by atoms with Crippen LogP contribution >= 0.6 is 0 Å². The number of aryl methyl sites for hydroxylation is 1. The van der Waals surface area contributed by atoms with Crippen LogP contribution in [0.3, 0.4) is 0 Å². The lowest BCUT2D eigenvalue weighted by molar-refractivity contribution is -0.147. The zero-order valence-electron chi connectivity index (χ0n) is 11.5. The van der Waals surface area contributed by atoms with Crippen molar-refractivity contribution < 1.29 is 9.53 Å². The van der Waals surface area contributed by atoms with Crippen molar-refractivity contribution in [3.8, 4) is 0 Å². The number of carbonyl (C=O) groups is 1. The third kappa shape index (κ3) is 2.14. The molecule has 1 aliphatic carbocycles. The van der Waals surface area contributed by atoms with Crippen LogP contribution in [0.5, 0.6) is 0 Å². The summed E-state index contributed by atoms with van der Waals surface area (Å²) >= 11 is 0. The highest BCUT2D eigenvalue weighted by Crippen LogP contribution is 2.42. The van der Waals surface area contributed by atoms with Gasteiger partial charge in [0.15, 0.2) is 0 Å². The van der Waals surface area contributed by atoms with Crippen LogP contribution in [0.2, 0.25) is 0 Å². The molecule has 0 unspecified atom stereocenters. The quantitative estimate of drug-likeness (QED) is 0.748. The average Bonchev–Trinajstić information content (AvgIpc) is 3.06. The molecule has 3 rings (SSSR count). The van der Waals surface area contributed by atoms with E-state index < -0.39 is 0 Å². The van der Waals surface area contributed by atoms with Gasteiger partial charge >= 0.3 is 5.97 Å². The van der Waals surface area contributed by atoms with Crippen molar-refractivity contribution in [1.29, 1.82) is 0 Å². The highest BCUT2D eigenvalue weighted by Gasteiger charge is 2.48. The van der Waals surface area contributed by atoms with Gasteiger partial charge in [-0.3, -0.25) is 14.4 Å². The van der Waals surface area contributed by atoms with Crippen molar-refractivity contribution in [1.82, 2.24) is 19.7 Å². The number of rotatable bonds is 3. The van der Waals surface area contributed by atoms with Gasteiger partial charge in [0, 0.05) is 13.6 Å². The van der Waals surface area contributed by atoms with E-state index in [-0.39, 0.29) is 12.0 Å². The smallest absolute Gasteiger partial charge is 0.323 e. The zero-order chi connectivity index (χ0) is 13.4. The molecule has 0 N–H and O–H groups in total. The summed E-state index contributed by atoms with van der Waals surface area (Å²) in [5.41, 5.74) is 0. The Morgan fingerprint density at radius 2 is 2.37 bits per heavy atom. The molecular formula is C13H20N4O2. The fourth-order valence-corrected chi connectivity index (χ4v) is 3.65. The molecule has 3 atom stereocenters. The van der Waals surface area contributed by atoms with E-state index in [9.17, 15) is 4.79 Å². The van der Waals surface area contributed by atoms with Crippen molar-refractivity contribution in [2.24, 2.45) is 18.9 Å². The highest BCUT2D eigenvalue weighted by atomic mass is 16.5. The lowest BCUT2D eigenvalue weighted by atomic mass is 9.94. The average molecular weight is 264 g/mol. The van der Waals surface area contributed by atoms with E-state index in [0.29, 0.717) is 18.4 Å². The Bertz CT molecular complexity index is 473. The molecule has 1 aliphatic heterocycles. The first-order valence-electron chi connectivity index (χ1n) is 6.85. The number of ether oxygens (including phenoxy) is 1. The fourth-order valence-electron chi connectivity index (χ4n) is 3.65. The molecule has 2 fully saturated rings. The Kier molecular flexibility index (Phi) is 3.26. The van der Waals surface area contributed by atoms with E-state index in [1.807, 2.05) is 7.05 Å². The van der Waals surface area contributed by atoms with Gasteiger partial charge in [-0.15, -0.1) is 0 Å². The summed E-state index contributed by atoms with van der Waals surface area (Å²) in [7, 11) is 3.36. The van der Waals surface area contributed by atoms with Crippen LogP contribution in [0, 0.1) is 11.8 Å². The summed E-state index contributed by atoms with van der Waals surface area (Å²) in [6.45, 7) is 1.64. The van der Waals surface area contributed by atoms with Gasteiger partial charge in [0.25, 0.3) is 0 Å². The summed E-state index contributed by atoms with van der Waals surface area (Å²) in [6, 6.07) is -0.103. The lowest BCUT2D eigenvalue weighted by Gasteiger charge is -2.24. The first-order chi connectivity index (χ1) is 9.20. The normalized spacial score (nSPS) is 30.5. The van der Waals surface area contributed by atoms with Gasteiger partial charge in [0.1, 0.15) is 18.2 Å². The third-order valence-corrected chi connectivity index (χ3v) is 4.58. The second kappa shape index (κ2) is 4.92. The number of fused-ring (bicyclic) bond motifs is 1. The van der Waals surface area contributed by atoms with E-state index in [0.717, 1.165) is 18.8 Å². The van der Waals surface area contributed by atoms with Crippen molar-refractivity contribution >= 4 is 5.97 Å². The summed E-state index contributed by atoms with van der Waals surface area (Å²) in [5, 5.41) is 4.08. The molecule has 0 spiro atoms. The Morgan fingerprint density at radius 3 is 3.05 bits per heavy atom. The molecule has 1 aromatic rings. The number of carbonyl (C=O) groups excluding carboxylic acids is 1. The topological polar surface area (TPSA) is 60.2 Å². The number of esters is 1. The largest absolute Gasteiger partial charge is 0.468 e.